The Labute approximate surface area is 166 Å². The summed E-state index contributed by atoms with van der Waals surface area (Å²) in [6, 6.07) is 0. The highest BCUT2D eigenvalue weighted by Gasteiger charge is 2.43. The molecule has 0 saturated heterocycles. The van der Waals surface area contributed by atoms with E-state index in [1.807, 2.05) is 13.8 Å². The second-order valence-electron chi connectivity index (χ2n) is 6.83. The summed E-state index contributed by atoms with van der Waals surface area (Å²) >= 11 is 0. The van der Waals surface area contributed by atoms with Crippen LogP contribution in [0.3, 0.4) is 0 Å². The lowest BCUT2D eigenvalue weighted by Gasteiger charge is -2.24. The SMILES string of the molecule is CCCCOC(=O)CC(O)(CC(=O)OCCCCC(C)=O)C(=O)OCCCC. The number of esters is 3. The molecule has 0 fully saturated rings. The van der Waals surface area contributed by atoms with Crippen LogP contribution in [-0.2, 0) is 33.4 Å². The molecule has 0 aliphatic heterocycles. The van der Waals surface area contributed by atoms with Crippen molar-refractivity contribution in [1.82, 2.24) is 0 Å². The molecule has 1 unspecified atom stereocenters. The van der Waals surface area contributed by atoms with Crippen LogP contribution in [0.15, 0.2) is 0 Å². The van der Waals surface area contributed by atoms with Gasteiger partial charge in [-0.15, -0.1) is 0 Å². The van der Waals surface area contributed by atoms with Gasteiger partial charge in [0.05, 0.1) is 32.7 Å². The second-order valence-corrected chi connectivity index (χ2v) is 6.83. The second kappa shape index (κ2) is 15.0. The van der Waals surface area contributed by atoms with Gasteiger partial charge >= 0.3 is 17.9 Å². The van der Waals surface area contributed by atoms with Crippen LogP contribution in [0.5, 0.6) is 0 Å². The first-order valence-corrected chi connectivity index (χ1v) is 9.95. The first kappa shape index (κ1) is 26.0. The molecule has 0 bridgehead atoms. The van der Waals surface area contributed by atoms with E-state index in [-0.39, 0.29) is 25.6 Å². The van der Waals surface area contributed by atoms with E-state index in [2.05, 4.69) is 0 Å². The first-order valence-electron chi connectivity index (χ1n) is 9.95. The summed E-state index contributed by atoms with van der Waals surface area (Å²) in [7, 11) is 0. The fourth-order valence-electron chi connectivity index (χ4n) is 2.22. The quantitative estimate of drug-likeness (QED) is 0.238. The Bertz CT molecular complexity index is 502. The smallest absolute Gasteiger partial charge is 0.339 e. The van der Waals surface area contributed by atoms with Crippen LogP contribution in [0, 0.1) is 0 Å². The van der Waals surface area contributed by atoms with Crippen molar-refractivity contribution in [3.8, 4) is 0 Å². The third-order valence-electron chi connectivity index (χ3n) is 3.93. The van der Waals surface area contributed by atoms with Crippen molar-refractivity contribution >= 4 is 23.7 Å². The number of unbranched alkanes of at least 4 members (excludes halogenated alkanes) is 3. The highest BCUT2D eigenvalue weighted by atomic mass is 16.6. The van der Waals surface area contributed by atoms with Crippen LogP contribution in [0.1, 0.15) is 78.6 Å². The van der Waals surface area contributed by atoms with E-state index >= 15 is 0 Å². The molecule has 0 aliphatic carbocycles. The van der Waals surface area contributed by atoms with Gasteiger partial charge in [-0.3, -0.25) is 9.59 Å². The number of carbonyl (C=O) groups is 4. The van der Waals surface area contributed by atoms with Crippen molar-refractivity contribution < 1.29 is 38.5 Å². The zero-order chi connectivity index (χ0) is 21.4. The maximum atomic E-state index is 12.3. The molecular formula is C20H34O8. The van der Waals surface area contributed by atoms with Gasteiger partial charge in [-0.25, -0.2) is 4.79 Å². The standard InChI is InChI=1S/C20H34O8/c1-4-6-11-26-17(22)14-20(25,19(24)28-12-7-5-2)15-18(23)27-13-9-8-10-16(3)21/h25H,4-15H2,1-3H3. The van der Waals surface area contributed by atoms with Crippen LogP contribution < -0.4 is 0 Å². The summed E-state index contributed by atoms with van der Waals surface area (Å²) in [5.41, 5.74) is -2.33. The minimum absolute atomic E-state index is 0.0529. The largest absolute Gasteiger partial charge is 0.466 e. The highest BCUT2D eigenvalue weighted by molar-refractivity contribution is 5.90. The van der Waals surface area contributed by atoms with Gasteiger partial charge in [0.1, 0.15) is 5.78 Å². The van der Waals surface area contributed by atoms with Crippen LogP contribution in [-0.4, -0.2) is 54.2 Å². The summed E-state index contributed by atoms with van der Waals surface area (Å²) in [5, 5.41) is 10.6. The Morgan fingerprint density at radius 3 is 1.68 bits per heavy atom. The van der Waals surface area contributed by atoms with E-state index in [4.69, 9.17) is 14.2 Å². The van der Waals surface area contributed by atoms with Crippen molar-refractivity contribution in [3.63, 3.8) is 0 Å². The number of rotatable bonds is 16. The Morgan fingerprint density at radius 1 is 0.750 bits per heavy atom. The maximum Gasteiger partial charge on any atom is 0.339 e. The predicted molar refractivity (Wildman–Crippen MR) is 101 cm³/mol. The molecule has 28 heavy (non-hydrogen) atoms. The molecule has 0 amide bonds. The Kier molecular flexibility index (Phi) is 14.0. The maximum absolute atomic E-state index is 12.3. The van der Waals surface area contributed by atoms with Gasteiger partial charge in [0.25, 0.3) is 0 Å². The van der Waals surface area contributed by atoms with E-state index in [1.165, 1.54) is 6.92 Å². The number of ketones is 1. The number of hydrogen-bond donors (Lipinski definition) is 1. The van der Waals surface area contributed by atoms with Gasteiger partial charge in [-0.2, -0.15) is 0 Å². The molecule has 0 spiro atoms. The third-order valence-corrected chi connectivity index (χ3v) is 3.93. The molecule has 0 saturated carbocycles. The summed E-state index contributed by atoms with van der Waals surface area (Å²) in [6.07, 6.45) is 2.96. The van der Waals surface area contributed by atoms with Crippen LogP contribution >= 0.6 is 0 Å². The minimum atomic E-state index is -2.33. The van der Waals surface area contributed by atoms with E-state index in [9.17, 15) is 24.3 Å². The third kappa shape index (κ3) is 12.4. The summed E-state index contributed by atoms with van der Waals surface area (Å²) in [6.45, 7) is 5.65. The Balaban J connectivity index is 4.72. The molecule has 0 aromatic rings. The van der Waals surface area contributed by atoms with Gasteiger partial charge in [-0.05, 0) is 32.6 Å². The normalized spacial score (nSPS) is 12.7. The van der Waals surface area contributed by atoms with E-state index in [0.717, 1.165) is 12.8 Å². The molecule has 1 atom stereocenters. The molecule has 1 N–H and O–H groups in total. The number of aliphatic hydroxyl groups is 1. The summed E-state index contributed by atoms with van der Waals surface area (Å²) in [5.74, 6) is -2.59. The molecule has 0 rings (SSSR count). The molecule has 8 nitrogen and oxygen atoms in total. The van der Waals surface area contributed by atoms with Crippen LogP contribution in [0.4, 0.5) is 0 Å². The molecule has 8 heteroatoms. The van der Waals surface area contributed by atoms with Gasteiger partial charge in [0, 0.05) is 6.42 Å². The number of carbonyl (C=O) groups excluding carboxylic acids is 4. The number of Topliss-reactive ketones (excluding diaryl/α,β-unsaturated/α-hetero) is 1. The molecule has 162 valence electrons. The van der Waals surface area contributed by atoms with Crippen molar-refractivity contribution in [2.45, 2.75) is 84.2 Å². The van der Waals surface area contributed by atoms with Crippen molar-refractivity contribution in [2.75, 3.05) is 19.8 Å². The van der Waals surface area contributed by atoms with Crippen molar-refractivity contribution in [1.29, 1.82) is 0 Å². The monoisotopic (exact) mass is 402 g/mol. The topological polar surface area (TPSA) is 116 Å². The fourth-order valence-corrected chi connectivity index (χ4v) is 2.22. The zero-order valence-corrected chi connectivity index (χ0v) is 17.3. The lowest BCUT2D eigenvalue weighted by atomic mass is 9.95. The van der Waals surface area contributed by atoms with Gasteiger partial charge in [0.15, 0.2) is 5.60 Å². The zero-order valence-electron chi connectivity index (χ0n) is 17.3. The van der Waals surface area contributed by atoms with E-state index in [0.29, 0.717) is 32.1 Å². The minimum Gasteiger partial charge on any atom is -0.466 e. The van der Waals surface area contributed by atoms with Crippen molar-refractivity contribution in [3.05, 3.63) is 0 Å². The average Bonchev–Trinajstić information content (AvgIpc) is 2.61. The molecule has 0 radical (unpaired) electrons. The fraction of sp³-hybridized carbons (Fsp3) is 0.800. The van der Waals surface area contributed by atoms with Gasteiger partial charge in [0.2, 0.25) is 0 Å². The lowest BCUT2D eigenvalue weighted by Crippen LogP contribution is -2.45. The summed E-state index contributed by atoms with van der Waals surface area (Å²) in [4.78, 5) is 47.1. The van der Waals surface area contributed by atoms with Crippen LogP contribution in [0.25, 0.3) is 0 Å². The first-order chi connectivity index (χ1) is 13.2. The lowest BCUT2D eigenvalue weighted by molar-refractivity contribution is -0.178. The van der Waals surface area contributed by atoms with Crippen LogP contribution in [0.2, 0.25) is 0 Å². The van der Waals surface area contributed by atoms with Gasteiger partial charge in [-0.1, -0.05) is 26.7 Å². The van der Waals surface area contributed by atoms with Crippen molar-refractivity contribution in [2.24, 2.45) is 0 Å². The molecule has 0 aliphatic rings. The predicted octanol–water partition coefficient (Wildman–Crippen LogP) is 2.49. The Hall–Kier alpha value is -1.96. The van der Waals surface area contributed by atoms with E-state index < -0.39 is 36.4 Å². The number of hydrogen-bond acceptors (Lipinski definition) is 8. The molecule has 0 aromatic carbocycles. The molecule has 0 aromatic heterocycles. The number of ether oxygens (including phenoxy) is 3. The Morgan fingerprint density at radius 2 is 1.21 bits per heavy atom. The molecular weight excluding hydrogens is 368 g/mol. The highest BCUT2D eigenvalue weighted by Crippen LogP contribution is 2.20. The average molecular weight is 402 g/mol. The van der Waals surface area contributed by atoms with Gasteiger partial charge < -0.3 is 24.1 Å². The molecule has 0 heterocycles. The summed E-state index contributed by atoms with van der Waals surface area (Å²) < 4.78 is 15.0. The van der Waals surface area contributed by atoms with E-state index in [1.54, 1.807) is 0 Å².